The molecule has 1 aliphatic rings. The molecule has 35 heavy (non-hydrogen) atoms. The monoisotopic (exact) mass is 514 g/mol. The molecule has 0 radical (unpaired) electrons. The Morgan fingerprint density at radius 3 is 2.57 bits per heavy atom. The van der Waals surface area contributed by atoms with Gasteiger partial charge in [0.2, 0.25) is 11.8 Å². The highest BCUT2D eigenvalue weighted by molar-refractivity contribution is 7.90. The fraction of sp³-hybridized carbons (Fsp3) is 0.250. The Morgan fingerprint density at radius 2 is 1.89 bits per heavy atom. The highest BCUT2D eigenvalue weighted by Gasteiger charge is 2.41. The maximum Gasteiger partial charge on any atom is 0.254 e. The van der Waals surface area contributed by atoms with E-state index in [0.29, 0.717) is 32.6 Å². The summed E-state index contributed by atoms with van der Waals surface area (Å²) in [4.78, 5) is 44.4. The number of carbonyl (C=O) groups excluding carboxylic acids is 3. The van der Waals surface area contributed by atoms with E-state index >= 15 is 0 Å². The maximum absolute atomic E-state index is 13.6. The quantitative estimate of drug-likeness (QED) is 0.539. The van der Waals surface area contributed by atoms with Crippen molar-refractivity contribution in [3.63, 3.8) is 0 Å². The Labute approximate surface area is 207 Å². The maximum atomic E-state index is 13.6. The van der Waals surface area contributed by atoms with Gasteiger partial charge < -0.3 is 15.5 Å². The first-order chi connectivity index (χ1) is 16.5. The number of fused-ring (bicyclic) bond motifs is 2. The molecule has 2 N–H and O–H groups in total. The molecule has 3 aromatic rings. The standard InChI is InChI=1S/C24H23ClN4O5S/c1-13-22(19-9-15(25)4-6-18(19)24(32)29(13)12-21(30)26-2)23(31)28-20-11-27-10-14-8-16(35(3,33)34)5-7-17(14)20/h4-11,13,22H,12H2,1-3H3,(H,26,30)(H,28,31). The summed E-state index contributed by atoms with van der Waals surface area (Å²) in [5.74, 6) is -1.97. The number of nitrogens with one attached hydrogen (secondary N) is 2. The van der Waals surface area contributed by atoms with Crippen LogP contribution in [0.5, 0.6) is 0 Å². The average molecular weight is 515 g/mol. The van der Waals surface area contributed by atoms with Crippen LogP contribution in [0.25, 0.3) is 10.8 Å². The zero-order valence-electron chi connectivity index (χ0n) is 19.2. The van der Waals surface area contributed by atoms with Gasteiger partial charge in [0.1, 0.15) is 6.54 Å². The van der Waals surface area contributed by atoms with E-state index in [1.165, 1.54) is 36.5 Å². The van der Waals surface area contributed by atoms with Gasteiger partial charge in [-0.1, -0.05) is 17.7 Å². The van der Waals surface area contributed by atoms with Crippen molar-refractivity contribution < 1.29 is 22.8 Å². The number of aromatic nitrogens is 1. The topological polar surface area (TPSA) is 126 Å². The van der Waals surface area contributed by atoms with Gasteiger partial charge >= 0.3 is 0 Å². The van der Waals surface area contributed by atoms with Crippen LogP contribution in [0.1, 0.15) is 28.8 Å². The molecule has 2 atom stereocenters. The van der Waals surface area contributed by atoms with Crippen LogP contribution in [0.15, 0.2) is 53.7 Å². The summed E-state index contributed by atoms with van der Waals surface area (Å²) >= 11 is 6.20. The number of hydrogen-bond donors (Lipinski definition) is 2. The lowest BCUT2D eigenvalue weighted by Crippen LogP contribution is -2.52. The van der Waals surface area contributed by atoms with Gasteiger partial charge in [0.25, 0.3) is 5.91 Å². The summed E-state index contributed by atoms with van der Waals surface area (Å²) in [7, 11) is -1.94. The average Bonchev–Trinajstić information content (AvgIpc) is 2.80. The highest BCUT2D eigenvalue weighted by Crippen LogP contribution is 2.36. The second-order valence-electron chi connectivity index (χ2n) is 8.39. The van der Waals surface area contributed by atoms with Crippen LogP contribution in [0.2, 0.25) is 5.02 Å². The molecule has 9 nitrogen and oxygen atoms in total. The molecule has 4 rings (SSSR count). The van der Waals surface area contributed by atoms with E-state index in [1.807, 2.05) is 0 Å². The largest absolute Gasteiger partial charge is 0.358 e. The Hall–Kier alpha value is -3.50. The number of amides is 3. The predicted octanol–water partition coefficient (Wildman–Crippen LogP) is 2.60. The van der Waals surface area contributed by atoms with Crippen molar-refractivity contribution in [2.75, 3.05) is 25.2 Å². The Balaban J connectivity index is 1.74. The van der Waals surface area contributed by atoms with E-state index in [2.05, 4.69) is 15.6 Å². The van der Waals surface area contributed by atoms with Crippen LogP contribution >= 0.6 is 11.6 Å². The summed E-state index contributed by atoms with van der Waals surface area (Å²) < 4.78 is 23.8. The van der Waals surface area contributed by atoms with Crippen molar-refractivity contribution in [2.24, 2.45) is 0 Å². The third-order valence-corrected chi connectivity index (χ3v) is 7.45. The minimum absolute atomic E-state index is 0.142. The lowest BCUT2D eigenvalue weighted by atomic mass is 9.82. The number of nitrogens with zero attached hydrogens (tertiary/aromatic N) is 2. The van der Waals surface area contributed by atoms with Crippen molar-refractivity contribution in [3.05, 3.63) is 64.9 Å². The molecule has 11 heteroatoms. The Morgan fingerprint density at radius 1 is 1.14 bits per heavy atom. The van der Waals surface area contributed by atoms with E-state index < -0.39 is 27.7 Å². The van der Waals surface area contributed by atoms with Gasteiger partial charge in [0.05, 0.1) is 22.7 Å². The molecule has 0 saturated carbocycles. The first kappa shape index (κ1) is 24.6. The van der Waals surface area contributed by atoms with Crippen LogP contribution in [-0.2, 0) is 19.4 Å². The zero-order chi connectivity index (χ0) is 25.5. The molecule has 1 aromatic heterocycles. The van der Waals surface area contributed by atoms with E-state index in [-0.39, 0.29) is 23.3 Å². The number of sulfone groups is 1. The molecular weight excluding hydrogens is 492 g/mol. The lowest BCUT2D eigenvalue weighted by molar-refractivity contribution is -0.123. The van der Waals surface area contributed by atoms with Crippen LogP contribution in [0, 0.1) is 0 Å². The van der Waals surface area contributed by atoms with Crippen LogP contribution in [-0.4, -0.2) is 61.9 Å². The molecule has 0 fully saturated rings. The summed E-state index contributed by atoms with van der Waals surface area (Å²) in [6.07, 6.45) is 4.11. The molecule has 0 spiro atoms. The van der Waals surface area contributed by atoms with Crippen molar-refractivity contribution >= 4 is 55.6 Å². The predicted molar refractivity (Wildman–Crippen MR) is 132 cm³/mol. The molecule has 2 aromatic carbocycles. The molecule has 182 valence electrons. The van der Waals surface area contributed by atoms with Crippen LogP contribution in [0.3, 0.4) is 0 Å². The van der Waals surface area contributed by atoms with Gasteiger partial charge in [0.15, 0.2) is 9.84 Å². The summed E-state index contributed by atoms with van der Waals surface area (Å²) in [5, 5.41) is 6.90. The van der Waals surface area contributed by atoms with Gasteiger partial charge in [-0.05, 0) is 42.8 Å². The third-order valence-electron chi connectivity index (χ3n) is 6.11. The smallest absolute Gasteiger partial charge is 0.254 e. The van der Waals surface area contributed by atoms with Crippen molar-refractivity contribution in [3.8, 4) is 0 Å². The Bertz CT molecular complexity index is 1470. The summed E-state index contributed by atoms with van der Waals surface area (Å²) in [6.45, 7) is 1.50. The molecule has 0 bridgehead atoms. The molecule has 2 unspecified atom stereocenters. The first-order valence-corrected chi connectivity index (χ1v) is 13.0. The normalized spacial score (nSPS) is 17.7. The van der Waals surface area contributed by atoms with Crippen LogP contribution < -0.4 is 10.6 Å². The van der Waals surface area contributed by atoms with E-state index in [0.717, 1.165) is 6.26 Å². The number of likely N-dealkylation sites (N-methyl/N-ethyl adjacent to an activating group) is 1. The van der Waals surface area contributed by atoms with E-state index in [9.17, 15) is 22.8 Å². The zero-order valence-corrected chi connectivity index (χ0v) is 20.8. The van der Waals surface area contributed by atoms with Crippen molar-refractivity contribution in [1.29, 1.82) is 0 Å². The number of rotatable bonds is 5. The molecule has 2 heterocycles. The first-order valence-electron chi connectivity index (χ1n) is 10.7. The molecular formula is C24H23ClN4O5S. The molecule has 1 aliphatic heterocycles. The van der Waals surface area contributed by atoms with Gasteiger partial charge in [-0.25, -0.2) is 8.42 Å². The fourth-order valence-electron chi connectivity index (χ4n) is 4.27. The van der Waals surface area contributed by atoms with Gasteiger partial charge in [-0.15, -0.1) is 0 Å². The third kappa shape index (κ3) is 4.71. The van der Waals surface area contributed by atoms with Gasteiger partial charge in [0, 0.05) is 46.9 Å². The highest BCUT2D eigenvalue weighted by atomic mass is 35.5. The minimum atomic E-state index is -3.41. The SMILES string of the molecule is CNC(=O)CN1C(=O)c2ccc(Cl)cc2C(C(=O)Nc2cncc3cc(S(C)(=O)=O)ccc23)C1C. The number of benzene rings is 2. The number of hydrogen-bond acceptors (Lipinski definition) is 6. The second kappa shape index (κ2) is 9.27. The number of carbonyl (C=O) groups is 3. The van der Waals surface area contributed by atoms with Crippen LogP contribution in [0.4, 0.5) is 5.69 Å². The number of anilines is 1. The van der Waals surface area contributed by atoms with Gasteiger partial charge in [-0.3, -0.25) is 19.4 Å². The van der Waals surface area contributed by atoms with Crippen molar-refractivity contribution in [2.45, 2.75) is 23.8 Å². The molecule has 0 aliphatic carbocycles. The number of halogens is 1. The Kier molecular flexibility index (Phi) is 6.52. The second-order valence-corrected chi connectivity index (χ2v) is 10.8. The van der Waals surface area contributed by atoms with E-state index in [1.54, 1.807) is 31.2 Å². The fourth-order valence-corrected chi connectivity index (χ4v) is 5.11. The number of pyridine rings is 1. The summed E-state index contributed by atoms with van der Waals surface area (Å²) in [6, 6.07) is 8.63. The minimum Gasteiger partial charge on any atom is -0.358 e. The molecule has 0 saturated heterocycles. The van der Waals surface area contributed by atoms with E-state index in [4.69, 9.17) is 11.6 Å². The molecule has 3 amide bonds. The van der Waals surface area contributed by atoms with Gasteiger partial charge in [-0.2, -0.15) is 0 Å². The van der Waals surface area contributed by atoms with Crippen molar-refractivity contribution in [1.82, 2.24) is 15.2 Å². The summed E-state index contributed by atoms with van der Waals surface area (Å²) in [5.41, 5.74) is 1.15. The lowest BCUT2D eigenvalue weighted by Gasteiger charge is -2.39.